The van der Waals surface area contributed by atoms with Gasteiger partial charge in [-0.25, -0.2) is 17.1 Å². The number of sulfonamides is 1. The smallest absolute Gasteiger partial charge is 0.217 e. The molecule has 4 nitrogen and oxygen atoms in total. The fraction of sp³-hybridized carbons (Fsp3) is 0.500. The fourth-order valence-corrected chi connectivity index (χ4v) is 7.35. The molecule has 2 aromatic rings. The van der Waals surface area contributed by atoms with Gasteiger partial charge in [-0.2, -0.15) is 0 Å². The SMILES string of the molecule is CNC1Cc2cc(F)c(C3CN(S(=O)(=O)C4CCC4)C3)cc2C1Cc1ccccc1. The third-order valence-electron chi connectivity index (χ3n) is 7.37. The lowest BCUT2D eigenvalue weighted by molar-refractivity contribution is 0.251. The Balaban J connectivity index is 1.38. The Bertz CT molecular complexity index is 1030. The standard InChI is InChI=1S/C24H29FN2O2S/c1-26-24-12-17-11-23(25)21(13-20(17)22(24)10-16-6-3-2-4-7-16)18-14-27(15-18)30(28,29)19-8-5-9-19/h2-4,6-7,11,13,18-19,22,24,26H,5,8-10,12,14-15H2,1H3. The predicted octanol–water partition coefficient (Wildman–Crippen LogP) is 3.58. The number of hydrogen-bond donors (Lipinski definition) is 1. The molecule has 2 fully saturated rings. The summed E-state index contributed by atoms with van der Waals surface area (Å²) < 4.78 is 41.7. The van der Waals surface area contributed by atoms with Gasteiger partial charge in [-0.3, -0.25) is 0 Å². The van der Waals surface area contributed by atoms with Gasteiger partial charge in [0.25, 0.3) is 0 Å². The van der Waals surface area contributed by atoms with Crippen LogP contribution in [0.25, 0.3) is 0 Å². The molecular formula is C24H29FN2O2S. The molecule has 6 heteroatoms. The highest BCUT2D eigenvalue weighted by Gasteiger charge is 2.44. The number of fused-ring (bicyclic) bond motifs is 1. The van der Waals surface area contributed by atoms with E-state index in [-0.39, 0.29) is 23.0 Å². The maximum absolute atomic E-state index is 15.0. The summed E-state index contributed by atoms with van der Waals surface area (Å²) in [5.41, 5.74) is 4.26. The molecule has 0 radical (unpaired) electrons. The minimum absolute atomic E-state index is 0.0452. The lowest BCUT2D eigenvalue weighted by Crippen LogP contribution is -2.53. The van der Waals surface area contributed by atoms with Crippen molar-refractivity contribution in [1.82, 2.24) is 9.62 Å². The molecule has 2 aliphatic carbocycles. The van der Waals surface area contributed by atoms with Gasteiger partial charge in [0.05, 0.1) is 5.25 Å². The summed E-state index contributed by atoms with van der Waals surface area (Å²) in [4.78, 5) is 0. The fourth-order valence-electron chi connectivity index (χ4n) is 5.23. The summed E-state index contributed by atoms with van der Waals surface area (Å²) in [5.74, 6) is 0.0625. The van der Waals surface area contributed by atoms with Gasteiger partial charge in [0.2, 0.25) is 10.0 Å². The van der Waals surface area contributed by atoms with Crippen molar-refractivity contribution in [2.75, 3.05) is 20.1 Å². The van der Waals surface area contributed by atoms with Crippen molar-refractivity contribution in [3.8, 4) is 0 Å². The van der Waals surface area contributed by atoms with Crippen molar-refractivity contribution in [3.05, 3.63) is 70.5 Å². The number of benzene rings is 2. The van der Waals surface area contributed by atoms with E-state index in [0.29, 0.717) is 24.6 Å². The van der Waals surface area contributed by atoms with Crippen molar-refractivity contribution in [2.45, 2.75) is 55.2 Å². The molecule has 5 rings (SSSR count). The number of rotatable bonds is 6. The highest BCUT2D eigenvalue weighted by molar-refractivity contribution is 7.89. The van der Waals surface area contributed by atoms with E-state index < -0.39 is 10.0 Å². The van der Waals surface area contributed by atoms with Gasteiger partial charge in [-0.1, -0.05) is 42.8 Å². The molecule has 2 atom stereocenters. The number of halogens is 1. The van der Waals surface area contributed by atoms with Crippen LogP contribution >= 0.6 is 0 Å². The van der Waals surface area contributed by atoms with Gasteiger partial charge in [0, 0.05) is 31.0 Å². The topological polar surface area (TPSA) is 49.4 Å². The molecule has 0 bridgehead atoms. The average molecular weight is 429 g/mol. The lowest BCUT2D eigenvalue weighted by Gasteiger charge is -2.42. The molecular weight excluding hydrogens is 399 g/mol. The van der Waals surface area contributed by atoms with Gasteiger partial charge in [0.15, 0.2) is 0 Å². The Morgan fingerprint density at radius 2 is 1.83 bits per heavy atom. The highest BCUT2D eigenvalue weighted by atomic mass is 32.2. The molecule has 0 spiro atoms. The second kappa shape index (κ2) is 7.74. The second-order valence-electron chi connectivity index (χ2n) is 9.08. The van der Waals surface area contributed by atoms with Gasteiger partial charge >= 0.3 is 0 Å². The summed E-state index contributed by atoms with van der Waals surface area (Å²) in [5, 5.41) is 3.21. The first-order chi connectivity index (χ1) is 14.5. The Hall–Kier alpha value is -1.76. The lowest BCUT2D eigenvalue weighted by atomic mass is 9.86. The van der Waals surface area contributed by atoms with E-state index in [4.69, 9.17) is 0 Å². The van der Waals surface area contributed by atoms with Crippen LogP contribution in [-0.2, 0) is 22.9 Å². The average Bonchev–Trinajstić information content (AvgIpc) is 2.96. The predicted molar refractivity (Wildman–Crippen MR) is 117 cm³/mol. The van der Waals surface area contributed by atoms with Crippen LogP contribution in [0.3, 0.4) is 0 Å². The van der Waals surface area contributed by atoms with E-state index in [1.807, 2.05) is 19.2 Å². The van der Waals surface area contributed by atoms with E-state index in [9.17, 15) is 12.8 Å². The third-order valence-corrected chi connectivity index (χ3v) is 9.71. The maximum atomic E-state index is 15.0. The van der Waals surface area contributed by atoms with E-state index in [1.165, 1.54) is 11.1 Å². The van der Waals surface area contributed by atoms with E-state index >= 15 is 0 Å². The minimum atomic E-state index is -3.19. The largest absolute Gasteiger partial charge is 0.316 e. The van der Waals surface area contributed by atoms with Crippen LogP contribution in [0.4, 0.5) is 4.39 Å². The maximum Gasteiger partial charge on any atom is 0.217 e. The molecule has 2 aromatic carbocycles. The van der Waals surface area contributed by atoms with E-state index in [0.717, 1.165) is 37.7 Å². The Morgan fingerprint density at radius 1 is 1.10 bits per heavy atom. The van der Waals surface area contributed by atoms with Gasteiger partial charge in [0.1, 0.15) is 5.82 Å². The highest BCUT2D eigenvalue weighted by Crippen LogP contribution is 2.41. The second-order valence-corrected chi connectivity index (χ2v) is 11.3. The first-order valence-electron chi connectivity index (χ1n) is 11.0. The number of likely N-dealkylation sites (N-methyl/N-ethyl adjacent to an activating group) is 1. The Labute approximate surface area is 178 Å². The molecule has 0 aromatic heterocycles. The van der Waals surface area contributed by atoms with Gasteiger partial charge in [-0.15, -0.1) is 0 Å². The van der Waals surface area contributed by atoms with Crippen LogP contribution in [0.15, 0.2) is 42.5 Å². The van der Waals surface area contributed by atoms with Crippen molar-refractivity contribution in [1.29, 1.82) is 0 Å². The van der Waals surface area contributed by atoms with Crippen LogP contribution in [-0.4, -0.2) is 44.2 Å². The quantitative estimate of drug-likeness (QED) is 0.765. The normalized spacial score (nSPS) is 25.0. The van der Waals surface area contributed by atoms with Crippen LogP contribution < -0.4 is 5.32 Å². The van der Waals surface area contributed by atoms with Crippen molar-refractivity contribution in [3.63, 3.8) is 0 Å². The molecule has 2 unspecified atom stereocenters. The molecule has 1 heterocycles. The van der Waals surface area contributed by atoms with Gasteiger partial charge in [-0.05, 0) is 61.1 Å². The summed E-state index contributed by atoms with van der Waals surface area (Å²) >= 11 is 0. The molecule has 3 aliphatic rings. The Kier molecular flexibility index (Phi) is 5.20. The van der Waals surface area contributed by atoms with E-state index in [1.54, 1.807) is 10.4 Å². The molecule has 30 heavy (non-hydrogen) atoms. The zero-order chi connectivity index (χ0) is 20.9. The molecule has 1 N–H and O–H groups in total. The monoisotopic (exact) mass is 428 g/mol. The molecule has 1 saturated heterocycles. The zero-order valence-electron chi connectivity index (χ0n) is 17.4. The minimum Gasteiger partial charge on any atom is -0.316 e. The first kappa shape index (κ1) is 20.2. The molecule has 1 aliphatic heterocycles. The van der Waals surface area contributed by atoms with Gasteiger partial charge < -0.3 is 5.32 Å². The van der Waals surface area contributed by atoms with Crippen molar-refractivity contribution in [2.24, 2.45) is 0 Å². The van der Waals surface area contributed by atoms with Crippen LogP contribution in [0.5, 0.6) is 0 Å². The number of hydrogen-bond acceptors (Lipinski definition) is 3. The van der Waals surface area contributed by atoms with Crippen molar-refractivity contribution < 1.29 is 12.8 Å². The summed E-state index contributed by atoms with van der Waals surface area (Å²) in [6.07, 6.45) is 4.27. The first-order valence-corrected chi connectivity index (χ1v) is 12.5. The third kappa shape index (κ3) is 3.39. The molecule has 1 saturated carbocycles. The van der Waals surface area contributed by atoms with Crippen LogP contribution in [0.2, 0.25) is 0 Å². The molecule has 0 amide bonds. The molecule has 160 valence electrons. The van der Waals surface area contributed by atoms with E-state index in [2.05, 4.69) is 29.6 Å². The summed E-state index contributed by atoms with van der Waals surface area (Å²) in [6.45, 7) is 0.820. The zero-order valence-corrected chi connectivity index (χ0v) is 18.2. The Morgan fingerprint density at radius 3 is 2.47 bits per heavy atom. The number of nitrogens with one attached hydrogen (secondary N) is 1. The van der Waals surface area contributed by atoms with Crippen LogP contribution in [0.1, 0.15) is 53.4 Å². The van der Waals surface area contributed by atoms with Crippen molar-refractivity contribution >= 4 is 10.0 Å². The summed E-state index contributed by atoms with van der Waals surface area (Å²) in [6, 6.07) is 14.4. The number of nitrogens with zero attached hydrogens (tertiary/aromatic N) is 1. The van der Waals surface area contributed by atoms with Crippen LogP contribution in [0, 0.1) is 5.82 Å². The summed E-state index contributed by atoms with van der Waals surface area (Å²) in [7, 11) is -1.22.